The lowest BCUT2D eigenvalue weighted by atomic mass is 10.0. The Morgan fingerprint density at radius 2 is 1.59 bits per heavy atom. The Balaban J connectivity index is 2.01. The fraction of sp³-hybridized carbons (Fsp3) is 0.318. The van der Waals surface area contributed by atoms with Crippen molar-refractivity contribution in [1.29, 1.82) is 0 Å². The van der Waals surface area contributed by atoms with Crippen molar-refractivity contribution in [1.82, 2.24) is 9.55 Å². The van der Waals surface area contributed by atoms with Crippen LogP contribution in [0.4, 0.5) is 0 Å². The van der Waals surface area contributed by atoms with Crippen LogP contribution in [0.15, 0.2) is 54.6 Å². The van der Waals surface area contributed by atoms with Crippen molar-refractivity contribution in [3.8, 4) is 22.4 Å². The first kappa shape index (κ1) is 20.0. The van der Waals surface area contributed by atoms with Gasteiger partial charge in [-0.3, -0.25) is 0 Å². The van der Waals surface area contributed by atoms with E-state index in [4.69, 9.17) is 9.72 Å². The first-order valence-electron chi connectivity index (χ1n) is 9.10. The van der Waals surface area contributed by atoms with Gasteiger partial charge in [0.2, 0.25) is 0 Å². The van der Waals surface area contributed by atoms with E-state index in [1.807, 2.05) is 39.0 Å². The SMILES string of the molecule is CCOCc1nc(I)c(-c2ccc(-c3ccccc3)cc2)n1CC(C)(C)O. The molecule has 3 rings (SSSR count). The molecule has 0 bridgehead atoms. The van der Waals surface area contributed by atoms with E-state index in [0.717, 1.165) is 20.8 Å². The van der Waals surface area contributed by atoms with Crippen molar-refractivity contribution in [3.05, 3.63) is 64.1 Å². The molecule has 0 fully saturated rings. The first-order chi connectivity index (χ1) is 12.9. The molecule has 1 aromatic heterocycles. The van der Waals surface area contributed by atoms with Crippen molar-refractivity contribution < 1.29 is 9.84 Å². The smallest absolute Gasteiger partial charge is 0.136 e. The van der Waals surface area contributed by atoms with Gasteiger partial charge in [-0.25, -0.2) is 4.98 Å². The molecule has 4 nitrogen and oxygen atoms in total. The molecule has 2 aromatic carbocycles. The van der Waals surface area contributed by atoms with Gasteiger partial charge < -0.3 is 14.4 Å². The largest absolute Gasteiger partial charge is 0.389 e. The molecule has 0 spiro atoms. The highest BCUT2D eigenvalue weighted by Crippen LogP contribution is 2.30. The summed E-state index contributed by atoms with van der Waals surface area (Å²) in [4.78, 5) is 4.70. The lowest BCUT2D eigenvalue weighted by Crippen LogP contribution is -2.27. The highest BCUT2D eigenvalue weighted by molar-refractivity contribution is 14.1. The van der Waals surface area contributed by atoms with Gasteiger partial charge in [-0.15, -0.1) is 0 Å². The lowest BCUT2D eigenvalue weighted by Gasteiger charge is -2.21. The average molecular weight is 476 g/mol. The molecule has 27 heavy (non-hydrogen) atoms. The Labute approximate surface area is 174 Å². The van der Waals surface area contributed by atoms with Crippen LogP contribution in [0.1, 0.15) is 26.6 Å². The van der Waals surface area contributed by atoms with Gasteiger partial charge in [0.1, 0.15) is 16.1 Å². The molecule has 0 unspecified atom stereocenters. The zero-order chi connectivity index (χ0) is 19.4. The van der Waals surface area contributed by atoms with Crippen molar-refractivity contribution in [2.24, 2.45) is 0 Å². The zero-order valence-electron chi connectivity index (χ0n) is 15.9. The molecule has 142 valence electrons. The van der Waals surface area contributed by atoms with E-state index in [9.17, 15) is 5.11 Å². The average Bonchev–Trinajstić information content (AvgIpc) is 2.94. The van der Waals surface area contributed by atoms with Crippen molar-refractivity contribution in [2.75, 3.05) is 6.61 Å². The van der Waals surface area contributed by atoms with Crippen LogP contribution in [0.3, 0.4) is 0 Å². The molecule has 0 atom stereocenters. The van der Waals surface area contributed by atoms with E-state index in [1.165, 1.54) is 11.1 Å². The summed E-state index contributed by atoms with van der Waals surface area (Å²) in [6, 6.07) is 18.8. The number of halogens is 1. The number of aromatic nitrogens is 2. The molecule has 0 radical (unpaired) electrons. The second-order valence-electron chi connectivity index (χ2n) is 7.15. The van der Waals surface area contributed by atoms with Gasteiger partial charge in [0.05, 0.1) is 17.8 Å². The van der Waals surface area contributed by atoms with E-state index in [2.05, 4.69) is 63.6 Å². The van der Waals surface area contributed by atoms with Gasteiger partial charge in [-0.1, -0.05) is 54.6 Å². The van der Waals surface area contributed by atoms with Crippen LogP contribution in [0.5, 0.6) is 0 Å². The summed E-state index contributed by atoms with van der Waals surface area (Å²) in [7, 11) is 0. The maximum Gasteiger partial charge on any atom is 0.136 e. The van der Waals surface area contributed by atoms with Gasteiger partial charge >= 0.3 is 0 Å². The monoisotopic (exact) mass is 476 g/mol. The summed E-state index contributed by atoms with van der Waals surface area (Å²) < 4.78 is 8.58. The minimum atomic E-state index is -0.844. The summed E-state index contributed by atoms with van der Waals surface area (Å²) in [6.45, 7) is 7.12. The topological polar surface area (TPSA) is 47.3 Å². The summed E-state index contributed by atoms with van der Waals surface area (Å²) in [5.41, 5.74) is 3.63. The van der Waals surface area contributed by atoms with Gasteiger partial charge in [0.25, 0.3) is 0 Å². The van der Waals surface area contributed by atoms with Crippen LogP contribution in [0.25, 0.3) is 22.4 Å². The number of nitrogens with zero attached hydrogens (tertiary/aromatic N) is 2. The molecular weight excluding hydrogens is 451 g/mol. The van der Waals surface area contributed by atoms with Crippen molar-refractivity contribution >= 4 is 22.6 Å². The van der Waals surface area contributed by atoms with Gasteiger partial charge in [-0.2, -0.15) is 0 Å². The van der Waals surface area contributed by atoms with Gasteiger partial charge in [-0.05, 0) is 54.5 Å². The van der Waals surface area contributed by atoms with E-state index >= 15 is 0 Å². The third-order valence-corrected chi connectivity index (χ3v) is 5.00. The zero-order valence-corrected chi connectivity index (χ0v) is 18.1. The second-order valence-corrected chi connectivity index (χ2v) is 8.17. The highest BCUT2D eigenvalue weighted by atomic mass is 127. The molecule has 3 aromatic rings. The molecule has 0 saturated carbocycles. The Morgan fingerprint density at radius 3 is 2.19 bits per heavy atom. The molecule has 1 heterocycles. The predicted molar refractivity (Wildman–Crippen MR) is 117 cm³/mol. The number of rotatable bonds is 7. The fourth-order valence-corrected chi connectivity index (χ4v) is 3.93. The minimum absolute atomic E-state index is 0.435. The lowest BCUT2D eigenvalue weighted by molar-refractivity contribution is 0.0574. The molecule has 0 aliphatic heterocycles. The second kappa shape index (κ2) is 8.54. The molecule has 0 aliphatic rings. The number of aliphatic hydroxyl groups is 1. The standard InChI is InChI=1S/C22H25IN2O2/c1-4-27-14-19-24-21(23)20(25(19)15-22(2,3)26)18-12-10-17(11-13-18)16-8-6-5-7-9-16/h5-13,26H,4,14-15H2,1-3H3. The summed E-state index contributed by atoms with van der Waals surface area (Å²) >= 11 is 2.26. The molecule has 1 N–H and O–H groups in total. The Morgan fingerprint density at radius 1 is 1.00 bits per heavy atom. The summed E-state index contributed by atoms with van der Waals surface area (Å²) in [6.07, 6.45) is 0. The quantitative estimate of drug-likeness (QED) is 0.481. The number of imidazole rings is 1. The minimum Gasteiger partial charge on any atom is -0.389 e. The Bertz CT molecular complexity index is 881. The first-order valence-corrected chi connectivity index (χ1v) is 10.2. The fourth-order valence-electron chi connectivity index (χ4n) is 3.05. The molecule has 5 heteroatoms. The van der Waals surface area contributed by atoms with Crippen LogP contribution < -0.4 is 0 Å². The third kappa shape index (κ3) is 4.97. The normalized spacial score (nSPS) is 11.7. The van der Waals surface area contributed by atoms with Crippen LogP contribution in [-0.2, 0) is 17.9 Å². The third-order valence-electron chi connectivity index (χ3n) is 4.25. The number of hydrogen-bond donors (Lipinski definition) is 1. The van der Waals surface area contributed by atoms with Crippen molar-refractivity contribution in [2.45, 2.75) is 39.5 Å². The predicted octanol–water partition coefficient (Wildman–Crippen LogP) is 5.13. The molecular formula is C22H25IN2O2. The van der Waals surface area contributed by atoms with E-state index in [1.54, 1.807) is 0 Å². The van der Waals surface area contributed by atoms with Crippen LogP contribution in [0, 0.1) is 3.70 Å². The van der Waals surface area contributed by atoms with E-state index in [-0.39, 0.29) is 0 Å². The molecule has 0 aliphatic carbocycles. The molecule has 0 amide bonds. The van der Waals surface area contributed by atoms with Crippen LogP contribution in [-0.4, -0.2) is 26.9 Å². The number of ether oxygens (including phenoxy) is 1. The van der Waals surface area contributed by atoms with Crippen LogP contribution >= 0.6 is 22.6 Å². The van der Waals surface area contributed by atoms with Crippen molar-refractivity contribution in [3.63, 3.8) is 0 Å². The van der Waals surface area contributed by atoms with Crippen LogP contribution in [0.2, 0.25) is 0 Å². The molecule has 0 saturated heterocycles. The van der Waals surface area contributed by atoms with E-state index in [0.29, 0.717) is 19.8 Å². The summed E-state index contributed by atoms with van der Waals surface area (Å²) in [5, 5.41) is 10.4. The highest BCUT2D eigenvalue weighted by Gasteiger charge is 2.22. The van der Waals surface area contributed by atoms with Gasteiger partial charge in [0, 0.05) is 12.2 Å². The maximum atomic E-state index is 10.4. The van der Waals surface area contributed by atoms with Gasteiger partial charge in [0.15, 0.2) is 0 Å². The number of hydrogen-bond acceptors (Lipinski definition) is 3. The van der Waals surface area contributed by atoms with E-state index < -0.39 is 5.60 Å². The Kier molecular flexibility index (Phi) is 6.34. The Hall–Kier alpha value is -1.70. The number of benzene rings is 2. The summed E-state index contributed by atoms with van der Waals surface area (Å²) in [5.74, 6) is 0.838. The maximum absolute atomic E-state index is 10.4.